The first kappa shape index (κ1) is 18.4. The van der Waals surface area contributed by atoms with E-state index < -0.39 is 0 Å². The van der Waals surface area contributed by atoms with Gasteiger partial charge >= 0.3 is 0 Å². The third-order valence-corrected chi connectivity index (χ3v) is 4.26. The Hall–Kier alpha value is -1.92. The summed E-state index contributed by atoms with van der Waals surface area (Å²) in [4.78, 5) is 12.5. The SMILES string of the molecule is CCC(NC(=S)NC(=O)c1cc(Br)ccc1OC)c1ccccc1. The molecule has 1 atom stereocenters. The van der Waals surface area contributed by atoms with Crippen molar-refractivity contribution in [2.75, 3.05) is 7.11 Å². The van der Waals surface area contributed by atoms with Gasteiger partial charge in [0, 0.05) is 4.47 Å². The van der Waals surface area contributed by atoms with Gasteiger partial charge in [0.1, 0.15) is 5.75 Å². The number of carbonyl (C=O) groups is 1. The first-order valence-electron chi connectivity index (χ1n) is 7.55. The van der Waals surface area contributed by atoms with Crippen LogP contribution in [0.3, 0.4) is 0 Å². The summed E-state index contributed by atoms with van der Waals surface area (Å²) in [6, 6.07) is 15.3. The monoisotopic (exact) mass is 406 g/mol. The molecule has 0 aliphatic carbocycles. The highest BCUT2D eigenvalue weighted by molar-refractivity contribution is 9.10. The molecular formula is C18H19BrN2O2S. The van der Waals surface area contributed by atoms with Crippen LogP contribution in [0.2, 0.25) is 0 Å². The third-order valence-electron chi connectivity index (χ3n) is 3.55. The van der Waals surface area contributed by atoms with Crippen molar-refractivity contribution in [2.24, 2.45) is 0 Å². The average molecular weight is 407 g/mol. The Bertz CT molecular complexity index is 722. The van der Waals surface area contributed by atoms with E-state index in [0.717, 1.165) is 16.5 Å². The second-order valence-electron chi connectivity index (χ2n) is 5.14. The van der Waals surface area contributed by atoms with E-state index in [1.54, 1.807) is 12.1 Å². The lowest BCUT2D eigenvalue weighted by molar-refractivity contribution is 0.0973. The largest absolute Gasteiger partial charge is 0.496 e. The molecule has 2 rings (SSSR count). The summed E-state index contributed by atoms with van der Waals surface area (Å²) in [5.74, 6) is 0.183. The second-order valence-corrected chi connectivity index (χ2v) is 6.47. The molecule has 0 saturated carbocycles. The molecule has 0 spiro atoms. The number of nitrogens with one attached hydrogen (secondary N) is 2. The molecule has 0 heterocycles. The van der Waals surface area contributed by atoms with Crippen LogP contribution in [0, 0.1) is 0 Å². The van der Waals surface area contributed by atoms with Gasteiger partial charge in [-0.2, -0.15) is 0 Å². The molecule has 4 nitrogen and oxygen atoms in total. The van der Waals surface area contributed by atoms with Gasteiger partial charge in [0.05, 0.1) is 18.7 Å². The molecule has 0 aliphatic rings. The summed E-state index contributed by atoms with van der Waals surface area (Å²) >= 11 is 8.65. The number of halogens is 1. The van der Waals surface area contributed by atoms with Crippen molar-refractivity contribution >= 4 is 39.2 Å². The first-order valence-corrected chi connectivity index (χ1v) is 8.75. The fraction of sp³-hybridized carbons (Fsp3) is 0.222. The standard InChI is InChI=1S/C18H19BrN2O2S/c1-3-15(12-7-5-4-6-8-12)20-18(24)21-17(22)14-11-13(19)9-10-16(14)23-2/h4-11,15H,3H2,1-2H3,(H2,20,21,22,24). The molecule has 126 valence electrons. The zero-order valence-corrected chi connectivity index (χ0v) is 15.9. The van der Waals surface area contributed by atoms with Gasteiger partial charge in [-0.1, -0.05) is 53.2 Å². The Morgan fingerprint density at radius 2 is 1.96 bits per heavy atom. The Labute approximate surface area is 155 Å². The van der Waals surface area contributed by atoms with E-state index >= 15 is 0 Å². The predicted molar refractivity (Wildman–Crippen MR) is 103 cm³/mol. The molecule has 2 aromatic carbocycles. The summed E-state index contributed by atoms with van der Waals surface area (Å²) in [5.41, 5.74) is 1.54. The number of thiocarbonyl (C=S) groups is 1. The molecule has 24 heavy (non-hydrogen) atoms. The second kappa shape index (κ2) is 8.80. The van der Waals surface area contributed by atoms with Gasteiger partial charge in [0.25, 0.3) is 5.91 Å². The Morgan fingerprint density at radius 3 is 2.58 bits per heavy atom. The molecule has 1 amide bonds. The molecule has 0 fully saturated rings. The van der Waals surface area contributed by atoms with E-state index in [4.69, 9.17) is 17.0 Å². The number of hydrogen-bond donors (Lipinski definition) is 2. The van der Waals surface area contributed by atoms with Crippen LogP contribution in [0.4, 0.5) is 0 Å². The molecule has 0 aliphatic heterocycles. The summed E-state index contributed by atoms with van der Waals surface area (Å²) in [6.45, 7) is 2.06. The zero-order chi connectivity index (χ0) is 17.5. The topological polar surface area (TPSA) is 50.4 Å². The van der Waals surface area contributed by atoms with E-state index in [2.05, 4.69) is 33.5 Å². The summed E-state index contributed by atoms with van der Waals surface area (Å²) in [7, 11) is 1.53. The molecular weight excluding hydrogens is 388 g/mol. The van der Waals surface area contributed by atoms with Gasteiger partial charge in [-0.3, -0.25) is 10.1 Å². The highest BCUT2D eigenvalue weighted by atomic mass is 79.9. The highest BCUT2D eigenvalue weighted by Crippen LogP contribution is 2.23. The lowest BCUT2D eigenvalue weighted by atomic mass is 10.1. The molecule has 0 aromatic heterocycles. The Morgan fingerprint density at radius 1 is 1.25 bits per heavy atom. The summed E-state index contributed by atoms with van der Waals surface area (Å²) in [5, 5.41) is 6.19. The van der Waals surface area contributed by atoms with Crippen LogP contribution in [0.1, 0.15) is 35.3 Å². The van der Waals surface area contributed by atoms with E-state index in [0.29, 0.717) is 11.3 Å². The minimum Gasteiger partial charge on any atom is -0.496 e. The summed E-state index contributed by atoms with van der Waals surface area (Å²) in [6.07, 6.45) is 0.847. The number of amides is 1. The first-order chi connectivity index (χ1) is 11.5. The minimum absolute atomic E-state index is 0.0448. The lowest BCUT2D eigenvalue weighted by Crippen LogP contribution is -2.41. The zero-order valence-electron chi connectivity index (χ0n) is 13.5. The minimum atomic E-state index is -0.312. The molecule has 0 bridgehead atoms. The normalized spacial score (nSPS) is 11.5. The molecule has 2 N–H and O–H groups in total. The van der Waals surface area contributed by atoms with Crippen molar-refractivity contribution < 1.29 is 9.53 Å². The van der Waals surface area contributed by atoms with Gasteiger partial charge in [-0.25, -0.2) is 0 Å². The van der Waals surface area contributed by atoms with E-state index in [-0.39, 0.29) is 17.1 Å². The number of carbonyl (C=O) groups excluding carboxylic acids is 1. The lowest BCUT2D eigenvalue weighted by Gasteiger charge is -2.19. The number of hydrogen-bond acceptors (Lipinski definition) is 3. The van der Waals surface area contributed by atoms with E-state index in [1.807, 2.05) is 36.4 Å². The van der Waals surface area contributed by atoms with Crippen LogP contribution in [0.25, 0.3) is 0 Å². The van der Waals surface area contributed by atoms with Crippen LogP contribution in [0.5, 0.6) is 5.75 Å². The maximum atomic E-state index is 12.5. The fourth-order valence-corrected chi connectivity index (χ4v) is 2.92. The fourth-order valence-electron chi connectivity index (χ4n) is 2.33. The van der Waals surface area contributed by atoms with Gasteiger partial charge < -0.3 is 10.1 Å². The predicted octanol–water partition coefficient (Wildman–Crippen LogP) is 4.21. The van der Waals surface area contributed by atoms with Crippen molar-refractivity contribution in [3.05, 3.63) is 64.1 Å². The number of methoxy groups -OCH3 is 1. The van der Waals surface area contributed by atoms with Crippen LogP contribution >= 0.6 is 28.1 Å². The number of rotatable bonds is 5. The van der Waals surface area contributed by atoms with Gasteiger partial charge in [-0.05, 0) is 42.4 Å². The Balaban J connectivity index is 2.06. The molecule has 6 heteroatoms. The van der Waals surface area contributed by atoms with Crippen molar-refractivity contribution in [3.63, 3.8) is 0 Å². The van der Waals surface area contributed by atoms with Gasteiger partial charge in [-0.15, -0.1) is 0 Å². The van der Waals surface area contributed by atoms with Crippen molar-refractivity contribution in [2.45, 2.75) is 19.4 Å². The smallest absolute Gasteiger partial charge is 0.261 e. The molecule has 2 aromatic rings. The van der Waals surface area contributed by atoms with E-state index in [9.17, 15) is 4.79 Å². The van der Waals surface area contributed by atoms with Crippen LogP contribution in [-0.2, 0) is 0 Å². The number of ether oxygens (including phenoxy) is 1. The number of benzene rings is 2. The third kappa shape index (κ3) is 4.79. The van der Waals surface area contributed by atoms with Crippen molar-refractivity contribution in [1.82, 2.24) is 10.6 Å². The van der Waals surface area contributed by atoms with Gasteiger partial charge in [0.15, 0.2) is 5.11 Å². The molecule has 0 saturated heterocycles. The maximum absolute atomic E-state index is 12.5. The molecule has 1 unspecified atom stereocenters. The molecule has 0 radical (unpaired) electrons. The van der Waals surface area contributed by atoms with Crippen molar-refractivity contribution in [1.29, 1.82) is 0 Å². The van der Waals surface area contributed by atoms with Crippen LogP contribution in [0.15, 0.2) is 53.0 Å². The van der Waals surface area contributed by atoms with E-state index in [1.165, 1.54) is 7.11 Å². The van der Waals surface area contributed by atoms with Gasteiger partial charge in [0.2, 0.25) is 0 Å². The quantitative estimate of drug-likeness (QED) is 0.729. The summed E-state index contributed by atoms with van der Waals surface area (Å²) < 4.78 is 6.02. The average Bonchev–Trinajstić information content (AvgIpc) is 2.60. The van der Waals surface area contributed by atoms with Crippen LogP contribution in [-0.4, -0.2) is 18.1 Å². The highest BCUT2D eigenvalue weighted by Gasteiger charge is 2.16. The Kier molecular flexibility index (Phi) is 6.75. The maximum Gasteiger partial charge on any atom is 0.261 e. The van der Waals surface area contributed by atoms with Crippen molar-refractivity contribution in [3.8, 4) is 5.75 Å². The van der Waals surface area contributed by atoms with Crippen LogP contribution < -0.4 is 15.4 Å².